The molecule has 3 heteroatoms. The van der Waals surface area contributed by atoms with Crippen LogP contribution < -0.4 is 14.7 Å². The predicted octanol–water partition coefficient (Wildman–Crippen LogP) is 19.6. The van der Waals surface area contributed by atoms with E-state index < -0.39 is 0 Å². The van der Waals surface area contributed by atoms with E-state index in [1.165, 1.54) is 49.0 Å². The van der Waals surface area contributed by atoms with Crippen LogP contribution in [0, 0.1) is 0 Å². The molecule has 0 spiro atoms. The van der Waals surface area contributed by atoms with Crippen molar-refractivity contribution >= 4 is 83.5 Å². The van der Waals surface area contributed by atoms with Crippen LogP contribution in [0.3, 0.4) is 0 Å². The molecule has 0 radical (unpaired) electrons. The predicted molar refractivity (Wildman–Crippen MR) is 303 cm³/mol. The first-order valence-corrected chi connectivity index (χ1v) is 24.7. The molecule has 0 saturated heterocycles. The van der Waals surface area contributed by atoms with E-state index >= 15 is 0 Å². The van der Waals surface area contributed by atoms with Crippen LogP contribution in [0.2, 0.25) is 0 Å². The van der Waals surface area contributed by atoms with Gasteiger partial charge in [-0.05, 0) is 116 Å². The van der Waals surface area contributed by atoms with Gasteiger partial charge in [-0.3, -0.25) is 0 Å². The summed E-state index contributed by atoms with van der Waals surface area (Å²) in [4.78, 5) is 7.46. The average molecular weight is 910 g/mol. The Morgan fingerprint density at radius 3 is 1.14 bits per heavy atom. The Morgan fingerprint density at radius 2 is 0.676 bits per heavy atom. The van der Waals surface area contributed by atoms with Crippen molar-refractivity contribution in [2.45, 2.75) is 26.2 Å². The van der Waals surface area contributed by atoms with Gasteiger partial charge in [0.15, 0.2) is 0 Å². The van der Waals surface area contributed by atoms with Crippen LogP contribution in [0.4, 0.5) is 51.2 Å². The van der Waals surface area contributed by atoms with Gasteiger partial charge in [0.2, 0.25) is 0 Å². The van der Waals surface area contributed by atoms with Gasteiger partial charge in [0, 0.05) is 55.7 Å². The Hall–Kier alpha value is -8.92. The molecule has 1 heterocycles. The van der Waals surface area contributed by atoms with Gasteiger partial charge in [0.25, 0.3) is 0 Å². The van der Waals surface area contributed by atoms with Crippen molar-refractivity contribution in [2.24, 2.45) is 0 Å². The van der Waals surface area contributed by atoms with Gasteiger partial charge >= 0.3 is 0 Å². The van der Waals surface area contributed by atoms with Crippen LogP contribution >= 0.6 is 0 Å². The maximum Gasteiger partial charge on any atom is 0.0561 e. The maximum absolute atomic E-state index is 2.52. The van der Waals surface area contributed by atoms with Gasteiger partial charge in [-0.15, -0.1) is 0 Å². The molecule has 0 unspecified atom stereocenters. The number of anilines is 9. The summed E-state index contributed by atoms with van der Waals surface area (Å²) in [6, 6.07) is 94.1. The molecule has 0 fully saturated rings. The van der Waals surface area contributed by atoms with Crippen LogP contribution in [0.1, 0.15) is 26.3 Å². The van der Waals surface area contributed by atoms with Crippen LogP contribution in [0.15, 0.2) is 255 Å². The van der Waals surface area contributed by atoms with E-state index in [-0.39, 0.29) is 5.41 Å². The zero-order chi connectivity index (χ0) is 47.6. The molecule has 1 aliphatic rings. The maximum atomic E-state index is 2.52. The van der Waals surface area contributed by atoms with Gasteiger partial charge in [-0.1, -0.05) is 209 Å². The summed E-state index contributed by atoms with van der Waals surface area (Å²) >= 11 is 0. The highest BCUT2D eigenvalue weighted by molar-refractivity contribution is 6.29. The minimum Gasteiger partial charge on any atom is -0.310 e. The van der Waals surface area contributed by atoms with Gasteiger partial charge in [-0.25, -0.2) is 0 Å². The smallest absolute Gasteiger partial charge is 0.0561 e. The number of para-hydroxylation sites is 2. The Morgan fingerprint density at radius 1 is 0.268 bits per heavy atom. The molecule has 6 bridgehead atoms. The first-order chi connectivity index (χ1) is 34.9. The van der Waals surface area contributed by atoms with Gasteiger partial charge < -0.3 is 14.7 Å². The van der Waals surface area contributed by atoms with Crippen LogP contribution in [-0.2, 0) is 5.41 Å². The minimum atomic E-state index is -0.0156. The molecule has 3 nitrogen and oxygen atoms in total. The van der Waals surface area contributed by atoms with Crippen molar-refractivity contribution in [2.75, 3.05) is 14.7 Å². The summed E-state index contributed by atoms with van der Waals surface area (Å²) in [6.07, 6.45) is 0. The van der Waals surface area contributed by atoms with E-state index in [1.54, 1.807) is 0 Å². The summed E-state index contributed by atoms with van der Waals surface area (Å²) in [7, 11) is 0. The molecule has 12 aromatic carbocycles. The zero-order valence-electron chi connectivity index (χ0n) is 40.1. The Balaban J connectivity index is 1.18. The summed E-state index contributed by atoms with van der Waals surface area (Å²) in [6.45, 7) is 6.94. The van der Waals surface area contributed by atoms with E-state index in [0.717, 1.165) is 73.4 Å². The SMILES string of the molecule is CC(C)(C)c1cc2ccc3c4cc(c5ccc(c1)c2c35)N(c1ccccc1-c1ccccc1)c1cccc(c1)N(c1ccc(-c2ccccc2)cc1)c1cccc(c1)N4c1ccccc1-c1ccccc1. The second-order valence-electron chi connectivity index (χ2n) is 19.8. The lowest BCUT2D eigenvalue weighted by atomic mass is 9.83. The molecule has 0 atom stereocenters. The topological polar surface area (TPSA) is 9.72 Å². The number of fused-ring (bicyclic) bond motifs is 8. The number of benzene rings is 12. The van der Waals surface area contributed by atoms with Crippen molar-refractivity contribution in [3.63, 3.8) is 0 Å². The molecule has 0 aliphatic carbocycles. The molecule has 0 saturated carbocycles. The molecule has 0 aromatic heterocycles. The highest BCUT2D eigenvalue weighted by Crippen LogP contribution is 2.54. The van der Waals surface area contributed by atoms with E-state index in [2.05, 4.69) is 290 Å². The summed E-state index contributed by atoms with van der Waals surface area (Å²) in [5, 5.41) is 7.41. The lowest BCUT2D eigenvalue weighted by Gasteiger charge is -2.36. The molecule has 13 rings (SSSR count). The van der Waals surface area contributed by atoms with E-state index in [4.69, 9.17) is 0 Å². The molecular formula is C68H51N3. The molecule has 1 aliphatic heterocycles. The lowest BCUT2D eigenvalue weighted by Crippen LogP contribution is -2.18. The Bertz CT molecular complexity index is 3710. The summed E-state index contributed by atoms with van der Waals surface area (Å²) < 4.78 is 0. The average Bonchev–Trinajstić information content (AvgIpc) is 3.42. The number of hydrogen-bond donors (Lipinski definition) is 0. The quantitative estimate of drug-likeness (QED) is 0.154. The fourth-order valence-corrected chi connectivity index (χ4v) is 11.0. The van der Waals surface area contributed by atoms with Crippen LogP contribution in [-0.4, -0.2) is 0 Å². The lowest BCUT2D eigenvalue weighted by molar-refractivity contribution is 0.591. The molecular weight excluding hydrogens is 859 g/mol. The molecule has 0 amide bonds. The van der Waals surface area contributed by atoms with Gasteiger partial charge in [0.05, 0.1) is 22.7 Å². The third kappa shape index (κ3) is 7.28. The third-order valence-corrected chi connectivity index (χ3v) is 14.4. The van der Waals surface area contributed by atoms with Crippen LogP contribution in [0.5, 0.6) is 0 Å². The standard InChI is InChI=1S/C68H51N3/c1-68(2,3)52-41-50-35-39-60-64-45-65(61-40-36-51(42-52)66(50)67(60)61)71(63-32-16-14-30-59(63)49-23-11-6-12-24-49)57-28-18-26-55(44-57)69(53-37-33-47(34-38-53)46-19-7-4-8-20-46)54-25-17-27-56(43-54)70(64)62-31-15-13-29-58(62)48-21-9-5-10-22-48/h4-45H,1-3H3. The minimum absolute atomic E-state index is 0.0156. The second kappa shape index (κ2) is 16.9. The van der Waals surface area contributed by atoms with E-state index in [1.807, 2.05) is 0 Å². The Labute approximate surface area is 416 Å². The van der Waals surface area contributed by atoms with E-state index in [9.17, 15) is 0 Å². The molecule has 0 N–H and O–H groups in total. The third-order valence-electron chi connectivity index (χ3n) is 14.4. The fraction of sp³-hybridized carbons (Fsp3) is 0.0588. The first kappa shape index (κ1) is 42.2. The van der Waals surface area contributed by atoms with Crippen molar-refractivity contribution in [1.29, 1.82) is 0 Å². The second-order valence-corrected chi connectivity index (χ2v) is 19.8. The fourth-order valence-electron chi connectivity index (χ4n) is 11.0. The molecule has 71 heavy (non-hydrogen) atoms. The number of rotatable bonds is 6. The van der Waals surface area contributed by atoms with E-state index in [0.29, 0.717) is 0 Å². The largest absolute Gasteiger partial charge is 0.310 e. The van der Waals surface area contributed by atoms with Crippen molar-refractivity contribution < 1.29 is 0 Å². The zero-order valence-corrected chi connectivity index (χ0v) is 40.1. The summed E-state index contributed by atoms with van der Waals surface area (Å²) in [5.74, 6) is 0. The molecule has 338 valence electrons. The van der Waals surface area contributed by atoms with Crippen molar-refractivity contribution in [1.82, 2.24) is 0 Å². The highest BCUT2D eigenvalue weighted by atomic mass is 15.2. The molecule has 12 aromatic rings. The van der Waals surface area contributed by atoms with Gasteiger partial charge in [0.1, 0.15) is 0 Å². The summed E-state index contributed by atoms with van der Waals surface area (Å²) in [5.41, 5.74) is 18.0. The highest BCUT2D eigenvalue weighted by Gasteiger charge is 2.29. The first-order valence-electron chi connectivity index (χ1n) is 24.7. The normalized spacial score (nSPS) is 12.6. The van der Waals surface area contributed by atoms with Crippen LogP contribution in [0.25, 0.3) is 65.7 Å². The van der Waals surface area contributed by atoms with Gasteiger partial charge in [-0.2, -0.15) is 0 Å². The van der Waals surface area contributed by atoms with Crippen molar-refractivity contribution in [3.8, 4) is 33.4 Å². The number of hydrogen-bond acceptors (Lipinski definition) is 3. The monoisotopic (exact) mass is 909 g/mol. The Kier molecular flexibility index (Phi) is 10.1. The number of nitrogens with zero attached hydrogens (tertiary/aromatic N) is 3. The van der Waals surface area contributed by atoms with Crippen molar-refractivity contribution in [3.05, 3.63) is 260 Å².